The number of aryl methyl sites for hydroxylation is 1. The van der Waals surface area contributed by atoms with Crippen molar-refractivity contribution in [1.29, 1.82) is 0 Å². The molecule has 5 nitrogen and oxygen atoms in total. The number of nitrogens with one attached hydrogen (secondary N) is 2. The Kier molecular flexibility index (Phi) is 5.50. The summed E-state index contributed by atoms with van der Waals surface area (Å²) in [5.74, 6) is 0.632. The molecule has 0 saturated heterocycles. The lowest BCUT2D eigenvalue weighted by Crippen LogP contribution is -2.22. The number of rotatable bonds is 5. The molecule has 0 spiro atoms. The Bertz CT molecular complexity index is 627. The number of carbonyl (C=O) groups is 1. The zero-order valence-corrected chi connectivity index (χ0v) is 13.8. The lowest BCUT2D eigenvalue weighted by molar-refractivity contribution is -0.115. The molecule has 1 atom stereocenters. The van der Waals surface area contributed by atoms with Gasteiger partial charge in [0.1, 0.15) is 5.82 Å². The summed E-state index contributed by atoms with van der Waals surface area (Å²) in [6.45, 7) is 3.77. The molecule has 0 saturated carbocycles. The Labute approximate surface area is 136 Å². The summed E-state index contributed by atoms with van der Waals surface area (Å²) < 4.78 is 0. The molecule has 0 aliphatic heterocycles. The van der Waals surface area contributed by atoms with Crippen molar-refractivity contribution in [1.82, 2.24) is 15.2 Å². The third kappa shape index (κ3) is 4.62. The minimum absolute atomic E-state index is 0.166. The van der Waals surface area contributed by atoms with Gasteiger partial charge in [-0.1, -0.05) is 41.9 Å². The number of nitrogens with zero attached hydrogens (tertiary/aromatic N) is 2. The average molecular weight is 345 g/mol. The summed E-state index contributed by atoms with van der Waals surface area (Å²) >= 11 is 13.1. The van der Waals surface area contributed by atoms with Crippen LogP contribution in [0.15, 0.2) is 23.4 Å². The number of halogens is 2. The Morgan fingerprint density at radius 1 is 1.38 bits per heavy atom. The fraction of sp³-hybridized carbons (Fsp3) is 0.308. The summed E-state index contributed by atoms with van der Waals surface area (Å²) in [5, 5.41) is 10.8. The molecule has 21 heavy (non-hydrogen) atoms. The van der Waals surface area contributed by atoms with Crippen molar-refractivity contribution >= 4 is 46.6 Å². The molecule has 0 unspecified atom stereocenters. The summed E-state index contributed by atoms with van der Waals surface area (Å²) in [6.07, 6.45) is 0.773. The number of benzene rings is 1. The van der Waals surface area contributed by atoms with Gasteiger partial charge in [0.15, 0.2) is 0 Å². The summed E-state index contributed by atoms with van der Waals surface area (Å²) in [7, 11) is 0. The van der Waals surface area contributed by atoms with Crippen molar-refractivity contribution in [2.45, 2.75) is 30.7 Å². The first-order chi connectivity index (χ1) is 9.97. The topological polar surface area (TPSA) is 70.7 Å². The predicted octanol–water partition coefficient (Wildman–Crippen LogP) is 3.79. The number of aromatic nitrogens is 3. The number of hydrogen-bond donors (Lipinski definition) is 2. The van der Waals surface area contributed by atoms with Crippen LogP contribution in [0.5, 0.6) is 0 Å². The van der Waals surface area contributed by atoms with Gasteiger partial charge in [-0.15, -0.1) is 5.10 Å². The molecule has 0 bridgehead atoms. The normalized spacial score (nSPS) is 12.2. The van der Waals surface area contributed by atoms with Crippen molar-refractivity contribution in [3.8, 4) is 0 Å². The fourth-order valence-electron chi connectivity index (χ4n) is 1.57. The molecule has 1 heterocycles. The minimum atomic E-state index is -0.344. The first-order valence-electron chi connectivity index (χ1n) is 6.33. The highest BCUT2D eigenvalue weighted by molar-refractivity contribution is 8.00. The van der Waals surface area contributed by atoms with Crippen LogP contribution in [0.25, 0.3) is 0 Å². The number of thioether (sulfide) groups is 1. The lowest BCUT2D eigenvalue weighted by atomic mass is 10.3. The van der Waals surface area contributed by atoms with Crippen LogP contribution in [0.3, 0.4) is 0 Å². The monoisotopic (exact) mass is 344 g/mol. The van der Waals surface area contributed by atoms with Crippen LogP contribution in [0.1, 0.15) is 19.7 Å². The van der Waals surface area contributed by atoms with Crippen LogP contribution in [0, 0.1) is 0 Å². The zero-order valence-electron chi connectivity index (χ0n) is 11.5. The maximum Gasteiger partial charge on any atom is 0.237 e. The van der Waals surface area contributed by atoms with Crippen molar-refractivity contribution in [3.63, 3.8) is 0 Å². The van der Waals surface area contributed by atoms with Gasteiger partial charge in [-0.3, -0.25) is 9.89 Å². The Balaban J connectivity index is 1.98. The van der Waals surface area contributed by atoms with E-state index < -0.39 is 0 Å². The van der Waals surface area contributed by atoms with E-state index in [0.717, 1.165) is 12.2 Å². The van der Waals surface area contributed by atoms with Gasteiger partial charge >= 0.3 is 0 Å². The first kappa shape index (κ1) is 16.1. The van der Waals surface area contributed by atoms with Crippen LogP contribution in [-0.2, 0) is 11.2 Å². The van der Waals surface area contributed by atoms with Crippen LogP contribution in [0.2, 0.25) is 10.0 Å². The number of hydrogen-bond acceptors (Lipinski definition) is 4. The molecule has 2 aromatic rings. The second-order valence-corrected chi connectivity index (χ2v) is 6.51. The third-order valence-electron chi connectivity index (χ3n) is 2.63. The van der Waals surface area contributed by atoms with E-state index in [4.69, 9.17) is 23.2 Å². The summed E-state index contributed by atoms with van der Waals surface area (Å²) in [6, 6.07) is 4.90. The van der Waals surface area contributed by atoms with E-state index in [9.17, 15) is 4.79 Å². The van der Waals surface area contributed by atoms with Crippen molar-refractivity contribution in [3.05, 3.63) is 34.1 Å². The molecule has 0 aliphatic rings. The number of aromatic amines is 1. The van der Waals surface area contributed by atoms with Crippen LogP contribution >= 0.6 is 35.0 Å². The maximum absolute atomic E-state index is 12.1. The maximum atomic E-state index is 12.1. The number of amides is 1. The largest absolute Gasteiger partial charge is 0.325 e. The summed E-state index contributed by atoms with van der Waals surface area (Å²) in [5.41, 5.74) is 0.564. The number of carbonyl (C=O) groups excluding carboxylic acids is 1. The Morgan fingerprint density at radius 3 is 2.62 bits per heavy atom. The molecule has 1 amide bonds. The number of anilines is 1. The molecule has 8 heteroatoms. The van der Waals surface area contributed by atoms with Gasteiger partial charge in [0.05, 0.1) is 5.25 Å². The predicted molar refractivity (Wildman–Crippen MR) is 86.2 cm³/mol. The summed E-state index contributed by atoms with van der Waals surface area (Å²) in [4.78, 5) is 16.4. The second kappa shape index (κ2) is 7.15. The Hall–Kier alpha value is -1.24. The standard InChI is InChI=1S/C13H14Cl2N4OS/c1-3-11-17-13(19-18-11)21-7(2)12(20)16-10-5-8(14)4-9(15)6-10/h4-7H,3H2,1-2H3,(H,16,20)(H,17,18,19)/t7-/m1/s1. The molecule has 112 valence electrons. The molecular weight excluding hydrogens is 331 g/mol. The van der Waals surface area contributed by atoms with Crippen LogP contribution in [0.4, 0.5) is 5.69 Å². The fourth-order valence-corrected chi connectivity index (χ4v) is 2.84. The lowest BCUT2D eigenvalue weighted by Gasteiger charge is -2.10. The van der Waals surface area contributed by atoms with Crippen LogP contribution in [-0.4, -0.2) is 26.3 Å². The highest BCUT2D eigenvalue weighted by Crippen LogP contribution is 2.24. The van der Waals surface area contributed by atoms with E-state index in [2.05, 4.69) is 20.5 Å². The minimum Gasteiger partial charge on any atom is -0.325 e. The van der Waals surface area contributed by atoms with Crippen molar-refractivity contribution < 1.29 is 4.79 Å². The van der Waals surface area contributed by atoms with E-state index in [0.29, 0.717) is 20.9 Å². The van der Waals surface area contributed by atoms with Crippen molar-refractivity contribution in [2.24, 2.45) is 0 Å². The molecule has 1 aromatic heterocycles. The van der Waals surface area contributed by atoms with Crippen molar-refractivity contribution in [2.75, 3.05) is 5.32 Å². The van der Waals surface area contributed by atoms with Gasteiger partial charge in [-0.25, -0.2) is 4.98 Å². The van der Waals surface area contributed by atoms with Gasteiger partial charge in [-0.2, -0.15) is 0 Å². The van der Waals surface area contributed by atoms with Gasteiger partial charge in [-0.05, 0) is 25.1 Å². The quantitative estimate of drug-likeness (QED) is 0.809. The first-order valence-corrected chi connectivity index (χ1v) is 7.96. The molecule has 0 aliphatic carbocycles. The van der Waals surface area contributed by atoms with E-state index >= 15 is 0 Å². The van der Waals surface area contributed by atoms with Gasteiger partial charge in [0.25, 0.3) is 0 Å². The highest BCUT2D eigenvalue weighted by atomic mass is 35.5. The van der Waals surface area contributed by atoms with E-state index in [1.165, 1.54) is 11.8 Å². The molecule has 1 aromatic carbocycles. The molecule has 0 radical (unpaired) electrons. The van der Waals surface area contributed by atoms with Gasteiger partial charge in [0.2, 0.25) is 11.1 Å². The molecule has 0 fully saturated rings. The molecule has 2 rings (SSSR count). The van der Waals surface area contributed by atoms with E-state index in [1.807, 2.05) is 6.92 Å². The van der Waals surface area contributed by atoms with E-state index in [1.54, 1.807) is 25.1 Å². The van der Waals surface area contributed by atoms with Gasteiger partial charge < -0.3 is 5.32 Å². The SMILES string of the molecule is CCc1nc(S[C@H](C)C(=O)Nc2cc(Cl)cc(Cl)c2)n[nH]1. The highest BCUT2D eigenvalue weighted by Gasteiger charge is 2.17. The molecule has 2 N–H and O–H groups in total. The average Bonchev–Trinajstić information content (AvgIpc) is 2.85. The van der Waals surface area contributed by atoms with E-state index in [-0.39, 0.29) is 11.2 Å². The Morgan fingerprint density at radius 2 is 2.05 bits per heavy atom. The smallest absolute Gasteiger partial charge is 0.237 e. The third-order valence-corrected chi connectivity index (χ3v) is 4.03. The zero-order chi connectivity index (χ0) is 15.4. The van der Waals surface area contributed by atoms with Crippen LogP contribution < -0.4 is 5.32 Å². The second-order valence-electron chi connectivity index (χ2n) is 4.33. The van der Waals surface area contributed by atoms with Gasteiger partial charge in [0, 0.05) is 22.2 Å². The molecular formula is C13H14Cl2N4OS. The number of H-pyrrole nitrogens is 1.